The van der Waals surface area contributed by atoms with Crippen molar-refractivity contribution in [2.24, 2.45) is 5.92 Å². The van der Waals surface area contributed by atoms with Gasteiger partial charge < -0.3 is 0 Å². The Kier molecular flexibility index (Phi) is 3.77. The van der Waals surface area contributed by atoms with Crippen LogP contribution in [-0.4, -0.2) is 27.5 Å². The number of hydrogen-bond donors (Lipinski definition) is 0. The summed E-state index contributed by atoms with van der Waals surface area (Å²) in [5.41, 5.74) is 1.01. The van der Waals surface area contributed by atoms with Crippen molar-refractivity contribution < 1.29 is 0 Å². The van der Waals surface area contributed by atoms with Crippen LogP contribution >= 0.6 is 11.6 Å². The number of piperidine rings is 1. The molecule has 1 aromatic heterocycles. The molecule has 1 aromatic rings. The molecule has 0 aromatic carbocycles. The van der Waals surface area contributed by atoms with Crippen LogP contribution in [-0.2, 0) is 6.54 Å². The van der Waals surface area contributed by atoms with Gasteiger partial charge in [-0.1, -0.05) is 18.5 Å². The van der Waals surface area contributed by atoms with E-state index in [4.69, 9.17) is 11.6 Å². The molecule has 1 aliphatic rings. The number of aromatic nitrogens is 2. The highest BCUT2D eigenvalue weighted by Crippen LogP contribution is 2.23. The van der Waals surface area contributed by atoms with Gasteiger partial charge >= 0.3 is 0 Å². The molecule has 2 atom stereocenters. The van der Waals surface area contributed by atoms with Gasteiger partial charge in [-0.05, 0) is 32.2 Å². The Bertz CT molecular complexity index is 339. The van der Waals surface area contributed by atoms with Crippen molar-refractivity contribution in [1.29, 1.82) is 0 Å². The molecule has 2 rings (SSSR count). The van der Waals surface area contributed by atoms with Crippen LogP contribution in [0.2, 0.25) is 5.15 Å². The smallest absolute Gasteiger partial charge is 0.147 e. The molecule has 0 spiro atoms. The van der Waals surface area contributed by atoms with Gasteiger partial charge in [0.2, 0.25) is 0 Å². The Morgan fingerprint density at radius 2 is 2.19 bits per heavy atom. The molecule has 0 bridgehead atoms. The summed E-state index contributed by atoms with van der Waals surface area (Å²) >= 11 is 5.71. The average molecular weight is 240 g/mol. The number of likely N-dealkylation sites (tertiary alicyclic amines) is 1. The van der Waals surface area contributed by atoms with Gasteiger partial charge in [0.1, 0.15) is 5.15 Å². The van der Waals surface area contributed by atoms with Crippen LogP contribution in [0.15, 0.2) is 12.4 Å². The van der Waals surface area contributed by atoms with Crippen molar-refractivity contribution in [2.75, 3.05) is 6.54 Å². The highest BCUT2D eigenvalue weighted by molar-refractivity contribution is 6.29. The van der Waals surface area contributed by atoms with Crippen LogP contribution in [0.4, 0.5) is 0 Å². The summed E-state index contributed by atoms with van der Waals surface area (Å²) in [5.74, 6) is 0.850. The van der Waals surface area contributed by atoms with E-state index in [0.717, 1.165) is 24.7 Å². The molecule has 16 heavy (non-hydrogen) atoms. The lowest BCUT2D eigenvalue weighted by molar-refractivity contribution is 0.120. The summed E-state index contributed by atoms with van der Waals surface area (Å²) in [4.78, 5) is 10.8. The maximum Gasteiger partial charge on any atom is 0.147 e. The minimum Gasteiger partial charge on any atom is -0.295 e. The van der Waals surface area contributed by atoms with E-state index < -0.39 is 0 Å². The van der Waals surface area contributed by atoms with Crippen LogP contribution in [0.5, 0.6) is 0 Å². The molecule has 0 amide bonds. The van der Waals surface area contributed by atoms with Crippen molar-refractivity contribution in [1.82, 2.24) is 14.9 Å². The molecule has 88 valence electrons. The van der Waals surface area contributed by atoms with E-state index in [0.29, 0.717) is 11.2 Å². The molecule has 0 aliphatic carbocycles. The van der Waals surface area contributed by atoms with E-state index in [1.165, 1.54) is 12.8 Å². The third-order valence-electron chi connectivity index (χ3n) is 3.31. The van der Waals surface area contributed by atoms with E-state index in [1.54, 1.807) is 12.4 Å². The summed E-state index contributed by atoms with van der Waals surface area (Å²) in [7, 11) is 0. The normalized spacial score (nSPS) is 26.9. The van der Waals surface area contributed by atoms with Crippen molar-refractivity contribution in [3.05, 3.63) is 23.2 Å². The van der Waals surface area contributed by atoms with Crippen LogP contribution in [0.25, 0.3) is 0 Å². The lowest BCUT2D eigenvalue weighted by atomic mass is 9.93. The second-order valence-corrected chi connectivity index (χ2v) is 5.17. The summed E-state index contributed by atoms with van der Waals surface area (Å²) in [6.07, 6.45) is 5.95. The van der Waals surface area contributed by atoms with Gasteiger partial charge in [0.15, 0.2) is 0 Å². The first-order valence-corrected chi connectivity index (χ1v) is 6.23. The lowest BCUT2D eigenvalue weighted by Gasteiger charge is -2.36. The maximum absolute atomic E-state index is 5.71. The molecular formula is C12H18ClN3. The van der Waals surface area contributed by atoms with Crippen molar-refractivity contribution >= 4 is 11.6 Å². The minimum atomic E-state index is 0.462. The molecule has 1 fully saturated rings. The van der Waals surface area contributed by atoms with E-state index >= 15 is 0 Å². The number of halogens is 1. The number of nitrogens with zero attached hydrogens (tertiary/aromatic N) is 3. The van der Waals surface area contributed by atoms with Crippen molar-refractivity contribution in [2.45, 2.75) is 39.3 Å². The second kappa shape index (κ2) is 5.11. The Balaban J connectivity index is 1.96. The predicted molar refractivity (Wildman–Crippen MR) is 65.3 cm³/mol. The van der Waals surface area contributed by atoms with Gasteiger partial charge in [-0.15, -0.1) is 0 Å². The fourth-order valence-electron chi connectivity index (χ4n) is 2.32. The average Bonchev–Trinajstić information content (AvgIpc) is 2.25. The van der Waals surface area contributed by atoms with Gasteiger partial charge in [0, 0.05) is 12.6 Å². The summed E-state index contributed by atoms with van der Waals surface area (Å²) in [6.45, 7) is 6.67. The van der Waals surface area contributed by atoms with E-state index in [1.807, 2.05) is 0 Å². The minimum absolute atomic E-state index is 0.462. The highest BCUT2D eigenvalue weighted by atomic mass is 35.5. The van der Waals surface area contributed by atoms with Crippen LogP contribution in [0.1, 0.15) is 32.4 Å². The molecule has 0 saturated carbocycles. The van der Waals surface area contributed by atoms with Gasteiger partial charge in [-0.2, -0.15) is 0 Å². The predicted octanol–water partition coefficient (Wildman–Crippen LogP) is 2.75. The molecule has 2 unspecified atom stereocenters. The largest absolute Gasteiger partial charge is 0.295 e. The topological polar surface area (TPSA) is 29.0 Å². The molecule has 3 nitrogen and oxygen atoms in total. The van der Waals surface area contributed by atoms with Gasteiger partial charge in [-0.3, -0.25) is 9.88 Å². The molecule has 0 N–H and O–H groups in total. The zero-order valence-corrected chi connectivity index (χ0v) is 10.6. The third kappa shape index (κ3) is 2.92. The first kappa shape index (κ1) is 11.8. The Labute approximate surface area is 102 Å². The molecule has 2 heterocycles. The van der Waals surface area contributed by atoms with E-state index in [2.05, 4.69) is 28.7 Å². The standard InChI is InChI=1S/C12H18ClN3/c1-9-3-4-16(10(2)5-9)8-11-6-15-12(13)7-14-11/h6-7,9-10H,3-5,8H2,1-2H3. The number of rotatable bonds is 2. The SMILES string of the molecule is CC1CCN(Cc2cnc(Cl)cn2)C(C)C1. The summed E-state index contributed by atoms with van der Waals surface area (Å²) in [6, 6.07) is 0.640. The second-order valence-electron chi connectivity index (χ2n) is 4.78. The first-order chi connectivity index (χ1) is 7.65. The van der Waals surface area contributed by atoms with E-state index in [-0.39, 0.29) is 0 Å². The van der Waals surface area contributed by atoms with E-state index in [9.17, 15) is 0 Å². The lowest BCUT2D eigenvalue weighted by Crippen LogP contribution is -2.39. The molecule has 1 saturated heterocycles. The molecule has 1 aliphatic heterocycles. The maximum atomic E-state index is 5.71. The zero-order chi connectivity index (χ0) is 11.5. The Hall–Kier alpha value is -0.670. The number of hydrogen-bond acceptors (Lipinski definition) is 3. The molecular weight excluding hydrogens is 222 g/mol. The van der Waals surface area contributed by atoms with Gasteiger partial charge in [0.25, 0.3) is 0 Å². The first-order valence-electron chi connectivity index (χ1n) is 5.85. The van der Waals surface area contributed by atoms with Crippen molar-refractivity contribution in [3.8, 4) is 0 Å². The zero-order valence-electron chi connectivity index (χ0n) is 9.86. The third-order valence-corrected chi connectivity index (χ3v) is 3.51. The van der Waals surface area contributed by atoms with Crippen LogP contribution in [0, 0.1) is 5.92 Å². The molecule has 4 heteroatoms. The van der Waals surface area contributed by atoms with Gasteiger partial charge in [-0.25, -0.2) is 4.98 Å². The Morgan fingerprint density at radius 3 is 2.81 bits per heavy atom. The highest BCUT2D eigenvalue weighted by Gasteiger charge is 2.22. The monoisotopic (exact) mass is 239 g/mol. The van der Waals surface area contributed by atoms with Crippen molar-refractivity contribution in [3.63, 3.8) is 0 Å². The van der Waals surface area contributed by atoms with Crippen LogP contribution < -0.4 is 0 Å². The van der Waals surface area contributed by atoms with Crippen LogP contribution in [0.3, 0.4) is 0 Å². The summed E-state index contributed by atoms with van der Waals surface area (Å²) < 4.78 is 0. The molecule has 0 radical (unpaired) electrons. The van der Waals surface area contributed by atoms with Gasteiger partial charge in [0.05, 0.1) is 18.1 Å². The fraction of sp³-hybridized carbons (Fsp3) is 0.667. The fourth-order valence-corrected chi connectivity index (χ4v) is 2.42. The quantitative estimate of drug-likeness (QED) is 0.795. The summed E-state index contributed by atoms with van der Waals surface area (Å²) in [5, 5.41) is 0.462. The Morgan fingerprint density at radius 1 is 1.38 bits per heavy atom.